The number of nitrogens with two attached hydrogens (primary N) is 1. The van der Waals surface area contributed by atoms with Gasteiger partial charge in [-0.3, -0.25) is 4.79 Å². The normalized spacial score (nSPS) is 20.0. The van der Waals surface area contributed by atoms with Crippen LogP contribution in [-0.2, 0) is 0 Å². The van der Waals surface area contributed by atoms with Crippen LogP contribution in [0.5, 0.6) is 0 Å². The molecule has 1 heterocycles. The van der Waals surface area contributed by atoms with E-state index in [1.54, 1.807) is 0 Å². The van der Waals surface area contributed by atoms with E-state index in [0.717, 1.165) is 0 Å². The van der Waals surface area contributed by atoms with Gasteiger partial charge >= 0.3 is 6.18 Å². The highest BCUT2D eigenvalue weighted by atomic mass is 35.5. The minimum Gasteiger partial charge on any atom is -0.399 e. The fourth-order valence-corrected chi connectivity index (χ4v) is 2.57. The maximum atomic E-state index is 12.7. The smallest absolute Gasteiger partial charge is 0.393 e. The number of rotatable bonds is 1. The lowest BCUT2D eigenvalue weighted by molar-refractivity contribution is -0.184. The molecule has 1 unspecified atom stereocenters. The van der Waals surface area contributed by atoms with Crippen molar-refractivity contribution in [2.75, 3.05) is 18.8 Å². The van der Waals surface area contributed by atoms with E-state index in [4.69, 9.17) is 17.3 Å². The van der Waals surface area contributed by atoms with Gasteiger partial charge < -0.3 is 10.6 Å². The maximum Gasteiger partial charge on any atom is 0.393 e. The highest BCUT2D eigenvalue weighted by Gasteiger charge is 2.42. The summed E-state index contributed by atoms with van der Waals surface area (Å²) >= 11 is 5.92. The number of nitrogens with zero attached hydrogens (tertiary/aromatic N) is 1. The van der Waals surface area contributed by atoms with Crippen LogP contribution in [0.3, 0.4) is 0 Å². The molecule has 1 atom stereocenters. The van der Waals surface area contributed by atoms with Gasteiger partial charge in [0.15, 0.2) is 0 Å². The maximum absolute atomic E-state index is 12.7. The summed E-state index contributed by atoms with van der Waals surface area (Å²) in [7, 11) is 0. The second kappa shape index (κ2) is 5.52. The Bertz CT molecular complexity index is 519. The molecule has 1 fully saturated rings. The number of nitrogen functional groups attached to an aromatic ring is 1. The molecule has 1 aromatic carbocycles. The number of piperidine rings is 1. The van der Waals surface area contributed by atoms with Gasteiger partial charge in [-0.05, 0) is 31.0 Å². The highest BCUT2D eigenvalue weighted by Crippen LogP contribution is 2.34. The molecular formula is C13H14ClF3N2O. The molecule has 0 spiro atoms. The van der Waals surface area contributed by atoms with Gasteiger partial charge in [0.2, 0.25) is 0 Å². The van der Waals surface area contributed by atoms with Crippen LogP contribution in [-0.4, -0.2) is 30.1 Å². The number of halogens is 4. The number of alkyl halides is 3. The first kappa shape index (κ1) is 15.0. The molecule has 7 heteroatoms. The van der Waals surface area contributed by atoms with E-state index in [0.29, 0.717) is 18.7 Å². The first-order valence-electron chi connectivity index (χ1n) is 6.20. The minimum absolute atomic E-state index is 0.0583. The zero-order valence-corrected chi connectivity index (χ0v) is 11.3. The molecule has 0 aliphatic carbocycles. The lowest BCUT2D eigenvalue weighted by Crippen LogP contribution is -2.44. The Kier molecular flexibility index (Phi) is 4.13. The molecule has 1 saturated heterocycles. The van der Waals surface area contributed by atoms with E-state index in [-0.39, 0.29) is 23.6 Å². The molecule has 0 aromatic heterocycles. The number of benzene rings is 1. The van der Waals surface area contributed by atoms with Crippen molar-refractivity contribution < 1.29 is 18.0 Å². The Morgan fingerprint density at radius 3 is 2.70 bits per heavy atom. The summed E-state index contributed by atoms with van der Waals surface area (Å²) in [6.45, 7) is -0.00480. The van der Waals surface area contributed by atoms with Crippen molar-refractivity contribution in [1.82, 2.24) is 4.90 Å². The van der Waals surface area contributed by atoms with Gasteiger partial charge in [-0.2, -0.15) is 13.2 Å². The molecule has 0 radical (unpaired) electrons. The van der Waals surface area contributed by atoms with Crippen LogP contribution in [0.1, 0.15) is 23.2 Å². The zero-order chi connectivity index (χ0) is 14.9. The number of amides is 1. The summed E-state index contributed by atoms with van der Waals surface area (Å²) in [5, 5.41) is 0.157. The molecule has 20 heavy (non-hydrogen) atoms. The first-order chi connectivity index (χ1) is 9.29. The molecular weight excluding hydrogens is 293 g/mol. The Labute approximate surface area is 119 Å². The van der Waals surface area contributed by atoms with Crippen molar-refractivity contribution in [2.24, 2.45) is 5.92 Å². The van der Waals surface area contributed by atoms with Gasteiger partial charge in [0.1, 0.15) is 0 Å². The third-order valence-corrected chi connectivity index (χ3v) is 3.71. The fraction of sp³-hybridized carbons (Fsp3) is 0.462. The number of carbonyl (C=O) groups is 1. The molecule has 110 valence electrons. The number of anilines is 1. The SMILES string of the molecule is Nc1ccc(C(=O)N2CCCC(C(F)(F)F)C2)c(Cl)c1. The second-order valence-corrected chi connectivity index (χ2v) is 5.28. The standard InChI is InChI=1S/C13H14ClF3N2O/c14-11-6-9(18)3-4-10(11)12(20)19-5-1-2-8(7-19)13(15,16)17/h3-4,6,8H,1-2,5,7,18H2. The monoisotopic (exact) mass is 306 g/mol. The molecule has 0 saturated carbocycles. The van der Waals surface area contributed by atoms with Gasteiger partial charge in [-0.15, -0.1) is 0 Å². The third-order valence-electron chi connectivity index (χ3n) is 3.40. The Balaban J connectivity index is 2.16. The zero-order valence-electron chi connectivity index (χ0n) is 10.6. The van der Waals surface area contributed by atoms with Crippen LogP contribution in [0.2, 0.25) is 5.02 Å². The van der Waals surface area contributed by atoms with Crippen molar-refractivity contribution in [2.45, 2.75) is 19.0 Å². The number of hydrogen-bond donors (Lipinski definition) is 1. The summed E-state index contributed by atoms with van der Waals surface area (Å²) in [5.41, 5.74) is 6.11. The van der Waals surface area contributed by atoms with Crippen molar-refractivity contribution in [3.63, 3.8) is 0 Å². The Hall–Kier alpha value is -1.43. The first-order valence-corrected chi connectivity index (χ1v) is 6.58. The largest absolute Gasteiger partial charge is 0.399 e. The van der Waals surface area contributed by atoms with Gasteiger partial charge in [0, 0.05) is 18.8 Å². The topological polar surface area (TPSA) is 46.3 Å². The number of hydrogen-bond acceptors (Lipinski definition) is 2. The molecule has 1 aromatic rings. The van der Waals surface area contributed by atoms with Crippen LogP contribution in [0.25, 0.3) is 0 Å². The van der Waals surface area contributed by atoms with Crippen molar-refractivity contribution >= 4 is 23.2 Å². The summed E-state index contributed by atoms with van der Waals surface area (Å²) in [5.74, 6) is -1.95. The third kappa shape index (κ3) is 3.17. The van der Waals surface area contributed by atoms with Gasteiger partial charge in [0.25, 0.3) is 5.91 Å². The van der Waals surface area contributed by atoms with E-state index in [1.807, 2.05) is 0 Å². The second-order valence-electron chi connectivity index (χ2n) is 4.87. The van der Waals surface area contributed by atoms with Gasteiger partial charge in [-0.25, -0.2) is 0 Å². The van der Waals surface area contributed by atoms with Crippen LogP contribution in [0.15, 0.2) is 18.2 Å². The van der Waals surface area contributed by atoms with Crippen LogP contribution in [0.4, 0.5) is 18.9 Å². The minimum atomic E-state index is -4.27. The average Bonchev–Trinajstić information content (AvgIpc) is 2.37. The van der Waals surface area contributed by atoms with E-state index in [9.17, 15) is 18.0 Å². The summed E-state index contributed by atoms with van der Waals surface area (Å²) < 4.78 is 38.2. The van der Waals surface area contributed by atoms with Gasteiger partial charge in [0.05, 0.1) is 16.5 Å². The predicted octanol–water partition coefficient (Wildman–Crippen LogP) is 3.34. The van der Waals surface area contributed by atoms with E-state index in [2.05, 4.69) is 0 Å². The molecule has 1 amide bonds. The summed E-state index contributed by atoms with van der Waals surface area (Å²) in [4.78, 5) is 13.4. The van der Waals surface area contributed by atoms with E-state index < -0.39 is 18.0 Å². The van der Waals surface area contributed by atoms with Gasteiger partial charge in [-0.1, -0.05) is 11.6 Å². The van der Waals surface area contributed by atoms with Crippen molar-refractivity contribution in [3.05, 3.63) is 28.8 Å². The van der Waals surface area contributed by atoms with Crippen LogP contribution in [0, 0.1) is 5.92 Å². The molecule has 2 N–H and O–H groups in total. The summed E-state index contributed by atoms with van der Waals surface area (Å²) in [6, 6.07) is 4.36. The lowest BCUT2D eigenvalue weighted by atomic mass is 9.97. The quantitative estimate of drug-likeness (QED) is 0.809. The molecule has 3 nitrogen and oxygen atoms in total. The van der Waals surface area contributed by atoms with Crippen LogP contribution < -0.4 is 5.73 Å². The average molecular weight is 307 g/mol. The van der Waals surface area contributed by atoms with Crippen LogP contribution >= 0.6 is 11.6 Å². The Morgan fingerprint density at radius 2 is 2.10 bits per heavy atom. The molecule has 1 aliphatic rings. The van der Waals surface area contributed by atoms with Crippen molar-refractivity contribution in [1.29, 1.82) is 0 Å². The van der Waals surface area contributed by atoms with E-state index in [1.165, 1.54) is 23.1 Å². The number of carbonyl (C=O) groups excluding carboxylic acids is 1. The van der Waals surface area contributed by atoms with Crippen molar-refractivity contribution in [3.8, 4) is 0 Å². The van der Waals surface area contributed by atoms with E-state index >= 15 is 0 Å². The Morgan fingerprint density at radius 1 is 1.40 bits per heavy atom. The number of likely N-dealkylation sites (tertiary alicyclic amines) is 1. The predicted molar refractivity (Wildman–Crippen MR) is 70.5 cm³/mol. The summed E-state index contributed by atoms with van der Waals surface area (Å²) in [6.07, 6.45) is -3.88. The molecule has 1 aliphatic heterocycles. The molecule has 0 bridgehead atoms. The highest BCUT2D eigenvalue weighted by molar-refractivity contribution is 6.34. The molecule has 2 rings (SSSR count). The fourth-order valence-electron chi connectivity index (χ4n) is 2.30. The lowest BCUT2D eigenvalue weighted by Gasteiger charge is -2.33.